The van der Waals surface area contributed by atoms with Gasteiger partial charge in [0.2, 0.25) is 0 Å². The number of hydrogen-bond donors (Lipinski definition) is 0. The van der Waals surface area contributed by atoms with Crippen LogP contribution in [0.4, 0.5) is 0 Å². The molecule has 0 fully saturated rings. The number of fused-ring (bicyclic) bond motifs is 1. The smallest absolute Gasteiger partial charge is 0.321 e. The van der Waals surface area contributed by atoms with Crippen molar-refractivity contribution in [1.29, 1.82) is 0 Å². The molecule has 0 spiro atoms. The minimum atomic E-state index is -0.417. The molecule has 0 aliphatic carbocycles. The predicted octanol–water partition coefficient (Wildman–Crippen LogP) is 1.53. The molecule has 0 bridgehead atoms. The van der Waals surface area contributed by atoms with Crippen LogP contribution in [0.5, 0.6) is 0 Å². The summed E-state index contributed by atoms with van der Waals surface area (Å²) in [6.07, 6.45) is 1.80. The predicted molar refractivity (Wildman–Crippen MR) is 99.4 cm³/mol. The molecule has 3 aromatic rings. The van der Waals surface area contributed by atoms with E-state index in [1.807, 2.05) is 44.2 Å². The fourth-order valence-corrected chi connectivity index (χ4v) is 3.53. The zero-order valence-electron chi connectivity index (χ0n) is 15.4. The number of amides is 1. The number of benzene rings is 1. The third-order valence-electron chi connectivity index (χ3n) is 4.93. The van der Waals surface area contributed by atoms with Gasteiger partial charge in [0, 0.05) is 32.4 Å². The Bertz CT molecular complexity index is 1020. The van der Waals surface area contributed by atoms with Crippen molar-refractivity contribution in [3.05, 3.63) is 70.2 Å². The summed E-state index contributed by atoms with van der Waals surface area (Å²) in [4.78, 5) is 27.5. The van der Waals surface area contributed by atoms with Crippen molar-refractivity contribution in [2.45, 2.75) is 39.5 Å². The summed E-state index contributed by atoms with van der Waals surface area (Å²) in [7, 11) is 0. The van der Waals surface area contributed by atoms with Gasteiger partial charge >= 0.3 is 5.69 Å². The normalized spacial score (nSPS) is 16.4. The Labute approximate surface area is 156 Å². The molecule has 8 heteroatoms. The van der Waals surface area contributed by atoms with Crippen LogP contribution in [0.25, 0.3) is 0 Å². The number of aryl methyl sites for hydroxylation is 2. The molecule has 1 aliphatic rings. The second-order valence-electron chi connectivity index (χ2n) is 6.48. The fraction of sp³-hybridized carbons (Fsp3) is 0.368. The quantitative estimate of drug-likeness (QED) is 0.701. The lowest BCUT2D eigenvalue weighted by Crippen LogP contribution is -2.45. The van der Waals surface area contributed by atoms with Crippen molar-refractivity contribution in [2.24, 2.45) is 0 Å². The minimum absolute atomic E-state index is 0.129. The van der Waals surface area contributed by atoms with Gasteiger partial charge < -0.3 is 4.90 Å². The topological polar surface area (TPSA) is 78.0 Å². The van der Waals surface area contributed by atoms with Crippen molar-refractivity contribution < 1.29 is 4.79 Å². The van der Waals surface area contributed by atoms with Crippen molar-refractivity contribution >= 4 is 5.91 Å². The average Bonchev–Trinajstić information content (AvgIpc) is 3.32. The van der Waals surface area contributed by atoms with E-state index in [1.165, 1.54) is 4.68 Å². The summed E-state index contributed by atoms with van der Waals surface area (Å²) in [5.41, 5.74) is 1.20. The summed E-state index contributed by atoms with van der Waals surface area (Å²) >= 11 is 0. The molecular weight excluding hydrogens is 344 g/mol. The number of carbonyl (C=O) groups excluding carboxylic acids is 1. The van der Waals surface area contributed by atoms with E-state index in [4.69, 9.17) is 0 Å². The zero-order chi connectivity index (χ0) is 19.0. The van der Waals surface area contributed by atoms with Crippen LogP contribution in [-0.4, -0.2) is 41.5 Å². The van der Waals surface area contributed by atoms with Gasteiger partial charge in [0.15, 0.2) is 5.82 Å². The summed E-state index contributed by atoms with van der Waals surface area (Å²) < 4.78 is 4.86. The Morgan fingerprint density at radius 1 is 1.07 bits per heavy atom. The lowest BCUT2D eigenvalue weighted by Gasteiger charge is -2.35. The van der Waals surface area contributed by atoms with Gasteiger partial charge in [-0.15, -0.1) is 0 Å². The van der Waals surface area contributed by atoms with Crippen molar-refractivity contribution in [1.82, 2.24) is 29.0 Å². The van der Waals surface area contributed by atoms with E-state index < -0.39 is 6.04 Å². The van der Waals surface area contributed by atoms with Gasteiger partial charge in [-0.2, -0.15) is 10.2 Å². The van der Waals surface area contributed by atoms with E-state index in [9.17, 15) is 9.59 Å². The summed E-state index contributed by atoms with van der Waals surface area (Å²) in [5.74, 6) is 0.448. The third kappa shape index (κ3) is 2.87. The molecule has 1 unspecified atom stereocenters. The van der Waals surface area contributed by atoms with E-state index >= 15 is 0 Å². The van der Waals surface area contributed by atoms with Crippen LogP contribution in [0, 0.1) is 0 Å². The summed E-state index contributed by atoms with van der Waals surface area (Å²) in [6.45, 7) is 5.92. The molecule has 1 atom stereocenters. The molecule has 1 aromatic carbocycles. The number of nitrogens with zero attached hydrogens (tertiary/aromatic N) is 6. The first kappa shape index (κ1) is 17.3. The SMILES string of the molecule is CCn1ccc(C(=O)N2CCn3c(nn(CC)c3=O)C2c2ccccc2)n1. The maximum atomic E-state index is 13.2. The van der Waals surface area contributed by atoms with Crippen LogP contribution in [0.2, 0.25) is 0 Å². The highest BCUT2D eigenvalue weighted by atomic mass is 16.2. The van der Waals surface area contributed by atoms with E-state index in [1.54, 1.807) is 26.4 Å². The molecule has 1 aliphatic heterocycles. The van der Waals surface area contributed by atoms with Gasteiger partial charge in [0.25, 0.3) is 5.91 Å². The molecule has 0 saturated carbocycles. The second-order valence-corrected chi connectivity index (χ2v) is 6.48. The molecular formula is C19H22N6O2. The molecule has 27 heavy (non-hydrogen) atoms. The average molecular weight is 366 g/mol. The highest BCUT2D eigenvalue weighted by Gasteiger charge is 2.36. The molecule has 3 heterocycles. The minimum Gasteiger partial charge on any atom is -0.321 e. The molecule has 0 saturated heterocycles. The van der Waals surface area contributed by atoms with Crippen molar-refractivity contribution in [3.63, 3.8) is 0 Å². The summed E-state index contributed by atoms with van der Waals surface area (Å²) in [5, 5.41) is 8.88. The maximum absolute atomic E-state index is 13.2. The Balaban J connectivity index is 1.81. The van der Waals surface area contributed by atoms with Gasteiger partial charge in [-0.3, -0.25) is 14.0 Å². The fourth-order valence-electron chi connectivity index (χ4n) is 3.53. The van der Waals surface area contributed by atoms with Crippen LogP contribution in [0.1, 0.15) is 41.8 Å². The van der Waals surface area contributed by atoms with Gasteiger partial charge in [-0.25, -0.2) is 9.48 Å². The Hall–Kier alpha value is -3.16. The lowest BCUT2D eigenvalue weighted by molar-refractivity contribution is 0.0650. The van der Waals surface area contributed by atoms with Gasteiger partial charge in [0.1, 0.15) is 11.7 Å². The second kappa shape index (κ2) is 6.86. The van der Waals surface area contributed by atoms with Crippen LogP contribution in [-0.2, 0) is 19.6 Å². The maximum Gasteiger partial charge on any atom is 0.346 e. The van der Waals surface area contributed by atoms with Crippen molar-refractivity contribution in [3.8, 4) is 0 Å². The van der Waals surface area contributed by atoms with Crippen LogP contribution in [0.3, 0.4) is 0 Å². The lowest BCUT2D eigenvalue weighted by atomic mass is 10.0. The first-order valence-electron chi connectivity index (χ1n) is 9.21. The summed E-state index contributed by atoms with van der Waals surface area (Å²) in [6, 6.07) is 11.0. The first-order chi connectivity index (χ1) is 13.1. The number of hydrogen-bond acceptors (Lipinski definition) is 4. The molecule has 4 rings (SSSR count). The highest BCUT2D eigenvalue weighted by Crippen LogP contribution is 2.31. The Kier molecular flexibility index (Phi) is 4.39. The molecule has 2 aromatic heterocycles. The highest BCUT2D eigenvalue weighted by molar-refractivity contribution is 5.92. The largest absolute Gasteiger partial charge is 0.346 e. The Morgan fingerprint density at radius 2 is 1.85 bits per heavy atom. The van der Waals surface area contributed by atoms with Gasteiger partial charge in [-0.05, 0) is 25.5 Å². The van der Waals surface area contributed by atoms with Gasteiger partial charge in [0.05, 0.1) is 0 Å². The van der Waals surface area contributed by atoms with E-state index in [0.29, 0.717) is 37.7 Å². The van der Waals surface area contributed by atoms with Crippen LogP contribution >= 0.6 is 0 Å². The van der Waals surface area contributed by atoms with E-state index in [-0.39, 0.29) is 11.6 Å². The monoisotopic (exact) mass is 366 g/mol. The first-order valence-corrected chi connectivity index (χ1v) is 9.21. The van der Waals surface area contributed by atoms with E-state index in [0.717, 1.165) is 5.56 Å². The zero-order valence-corrected chi connectivity index (χ0v) is 15.4. The number of carbonyl (C=O) groups is 1. The van der Waals surface area contributed by atoms with Crippen molar-refractivity contribution in [2.75, 3.05) is 6.54 Å². The van der Waals surface area contributed by atoms with Crippen LogP contribution in [0.15, 0.2) is 47.4 Å². The van der Waals surface area contributed by atoms with Gasteiger partial charge in [-0.1, -0.05) is 30.3 Å². The van der Waals surface area contributed by atoms with E-state index in [2.05, 4.69) is 10.2 Å². The molecule has 8 nitrogen and oxygen atoms in total. The molecule has 0 N–H and O–H groups in total. The number of aromatic nitrogens is 5. The number of rotatable bonds is 4. The molecule has 140 valence electrons. The van der Waals surface area contributed by atoms with Crippen LogP contribution < -0.4 is 5.69 Å². The Morgan fingerprint density at radius 3 is 2.52 bits per heavy atom. The molecule has 1 amide bonds. The standard InChI is InChI=1S/C19H22N6O2/c1-3-22-11-10-15(20-22)18(26)23-12-13-24-17(21-25(4-2)19(24)27)16(23)14-8-6-5-7-9-14/h5-11,16H,3-4,12-13H2,1-2H3. The third-order valence-corrected chi connectivity index (χ3v) is 4.93. The molecule has 0 radical (unpaired) electrons.